The third-order valence-electron chi connectivity index (χ3n) is 2.46. The van der Waals surface area contributed by atoms with Crippen LogP contribution in [0.25, 0.3) is 0 Å². The van der Waals surface area contributed by atoms with Crippen molar-refractivity contribution in [2.24, 2.45) is 0 Å². The van der Waals surface area contributed by atoms with Crippen molar-refractivity contribution in [2.45, 2.75) is 26.2 Å². The van der Waals surface area contributed by atoms with Gasteiger partial charge >= 0.3 is 0 Å². The van der Waals surface area contributed by atoms with Gasteiger partial charge in [0.05, 0.1) is 6.61 Å². The van der Waals surface area contributed by atoms with Gasteiger partial charge in [-0.15, -0.1) is 0 Å². The minimum Gasteiger partial charge on any atom is -0.491 e. The summed E-state index contributed by atoms with van der Waals surface area (Å²) in [5.41, 5.74) is 1.12. The van der Waals surface area contributed by atoms with Crippen LogP contribution in [0.3, 0.4) is 0 Å². The van der Waals surface area contributed by atoms with Crippen molar-refractivity contribution in [2.75, 3.05) is 26.4 Å². The highest BCUT2D eigenvalue weighted by atomic mass is 16.5. The van der Waals surface area contributed by atoms with Gasteiger partial charge in [-0.2, -0.15) is 0 Å². The summed E-state index contributed by atoms with van der Waals surface area (Å²) >= 11 is 0. The smallest absolute Gasteiger partial charge is 0.119 e. The molecule has 0 aliphatic heterocycles. The van der Waals surface area contributed by atoms with Crippen molar-refractivity contribution >= 4 is 0 Å². The van der Waals surface area contributed by atoms with Crippen LogP contribution in [0.1, 0.15) is 25.3 Å². The van der Waals surface area contributed by atoms with Crippen LogP contribution in [0, 0.1) is 0 Å². The SMILES string of the molecule is CCCCOCCOc1ccc(CCO)cc1. The van der Waals surface area contributed by atoms with Gasteiger partial charge in [0.15, 0.2) is 0 Å². The highest BCUT2D eigenvalue weighted by molar-refractivity contribution is 5.27. The number of hydrogen-bond acceptors (Lipinski definition) is 3. The van der Waals surface area contributed by atoms with E-state index in [2.05, 4.69) is 6.92 Å². The molecule has 0 saturated carbocycles. The van der Waals surface area contributed by atoms with E-state index in [-0.39, 0.29) is 6.61 Å². The fourth-order valence-electron chi connectivity index (χ4n) is 1.45. The zero-order valence-corrected chi connectivity index (χ0v) is 10.5. The van der Waals surface area contributed by atoms with Crippen LogP contribution < -0.4 is 4.74 Å². The third kappa shape index (κ3) is 6.29. The first-order valence-electron chi connectivity index (χ1n) is 6.27. The van der Waals surface area contributed by atoms with Crippen molar-refractivity contribution in [3.05, 3.63) is 29.8 Å². The van der Waals surface area contributed by atoms with Gasteiger partial charge in [-0.05, 0) is 30.5 Å². The van der Waals surface area contributed by atoms with Gasteiger partial charge in [0, 0.05) is 13.2 Å². The molecule has 0 heterocycles. The maximum Gasteiger partial charge on any atom is 0.119 e. The van der Waals surface area contributed by atoms with Crippen LogP contribution >= 0.6 is 0 Å². The summed E-state index contributed by atoms with van der Waals surface area (Å²) in [5, 5.41) is 8.79. The Morgan fingerprint density at radius 1 is 1.06 bits per heavy atom. The van der Waals surface area contributed by atoms with Gasteiger partial charge in [0.1, 0.15) is 12.4 Å². The number of benzene rings is 1. The number of rotatable bonds is 9. The first kappa shape index (κ1) is 14.0. The second kappa shape index (κ2) is 9.02. The van der Waals surface area contributed by atoms with E-state index < -0.39 is 0 Å². The van der Waals surface area contributed by atoms with Gasteiger partial charge in [-0.25, -0.2) is 0 Å². The van der Waals surface area contributed by atoms with E-state index in [0.29, 0.717) is 19.6 Å². The van der Waals surface area contributed by atoms with Crippen molar-refractivity contribution in [3.63, 3.8) is 0 Å². The van der Waals surface area contributed by atoms with Gasteiger partial charge in [0.2, 0.25) is 0 Å². The molecule has 0 saturated heterocycles. The molecule has 0 unspecified atom stereocenters. The highest BCUT2D eigenvalue weighted by Crippen LogP contribution is 2.12. The first-order valence-corrected chi connectivity index (χ1v) is 6.27. The Morgan fingerprint density at radius 2 is 1.82 bits per heavy atom. The van der Waals surface area contributed by atoms with Gasteiger partial charge in [-0.3, -0.25) is 0 Å². The molecule has 1 aromatic rings. The number of hydrogen-bond donors (Lipinski definition) is 1. The monoisotopic (exact) mass is 238 g/mol. The lowest BCUT2D eigenvalue weighted by molar-refractivity contribution is 0.0980. The topological polar surface area (TPSA) is 38.7 Å². The molecule has 0 aliphatic rings. The standard InChI is InChI=1S/C14H22O3/c1-2-3-10-16-11-12-17-14-6-4-13(5-7-14)8-9-15/h4-7,15H,2-3,8-12H2,1H3. The quantitative estimate of drug-likeness (QED) is 0.671. The summed E-state index contributed by atoms with van der Waals surface area (Å²) in [7, 11) is 0. The molecule has 17 heavy (non-hydrogen) atoms. The molecule has 0 amide bonds. The summed E-state index contributed by atoms with van der Waals surface area (Å²) in [6.45, 7) is 4.37. The molecule has 0 aliphatic carbocycles. The van der Waals surface area contributed by atoms with E-state index >= 15 is 0 Å². The molecule has 0 radical (unpaired) electrons. The van der Waals surface area contributed by atoms with Gasteiger partial charge in [0.25, 0.3) is 0 Å². The van der Waals surface area contributed by atoms with Crippen LogP contribution in [0.5, 0.6) is 5.75 Å². The lowest BCUT2D eigenvalue weighted by Gasteiger charge is -2.07. The van der Waals surface area contributed by atoms with E-state index in [1.165, 1.54) is 0 Å². The fraction of sp³-hybridized carbons (Fsp3) is 0.571. The lowest BCUT2D eigenvalue weighted by atomic mass is 10.1. The van der Waals surface area contributed by atoms with E-state index in [1.54, 1.807) is 0 Å². The first-order chi connectivity index (χ1) is 8.36. The van der Waals surface area contributed by atoms with Crippen molar-refractivity contribution in [1.82, 2.24) is 0 Å². The Hall–Kier alpha value is -1.06. The third-order valence-corrected chi connectivity index (χ3v) is 2.46. The minimum atomic E-state index is 0.186. The number of aliphatic hydroxyl groups excluding tert-OH is 1. The van der Waals surface area contributed by atoms with E-state index in [4.69, 9.17) is 14.6 Å². The van der Waals surface area contributed by atoms with Crippen LogP contribution in [0.4, 0.5) is 0 Å². The second-order valence-electron chi connectivity index (χ2n) is 3.93. The van der Waals surface area contributed by atoms with Crippen LogP contribution in [0.2, 0.25) is 0 Å². The molecule has 1 rings (SSSR count). The maximum atomic E-state index is 8.79. The Morgan fingerprint density at radius 3 is 2.47 bits per heavy atom. The van der Waals surface area contributed by atoms with Crippen LogP contribution in [-0.2, 0) is 11.2 Å². The number of aliphatic hydroxyl groups is 1. The second-order valence-corrected chi connectivity index (χ2v) is 3.93. The van der Waals surface area contributed by atoms with Gasteiger partial charge in [-0.1, -0.05) is 25.5 Å². The summed E-state index contributed by atoms with van der Waals surface area (Å²) in [6.07, 6.45) is 2.96. The normalized spacial score (nSPS) is 10.5. The molecule has 0 spiro atoms. The van der Waals surface area contributed by atoms with Crippen LogP contribution in [-0.4, -0.2) is 31.5 Å². The maximum absolute atomic E-state index is 8.79. The summed E-state index contributed by atoms with van der Waals surface area (Å²) in [4.78, 5) is 0. The highest BCUT2D eigenvalue weighted by Gasteiger charge is 1.95. The number of unbranched alkanes of at least 4 members (excludes halogenated alkanes) is 1. The van der Waals surface area contributed by atoms with Crippen molar-refractivity contribution < 1.29 is 14.6 Å². The lowest BCUT2D eigenvalue weighted by Crippen LogP contribution is -2.07. The molecular formula is C14H22O3. The van der Waals surface area contributed by atoms with Crippen molar-refractivity contribution in [1.29, 1.82) is 0 Å². The average molecular weight is 238 g/mol. The zero-order valence-electron chi connectivity index (χ0n) is 10.5. The predicted molar refractivity (Wildman–Crippen MR) is 68.5 cm³/mol. The molecule has 0 bridgehead atoms. The zero-order chi connectivity index (χ0) is 12.3. The largest absolute Gasteiger partial charge is 0.491 e. The Balaban J connectivity index is 2.14. The summed E-state index contributed by atoms with van der Waals surface area (Å²) < 4.78 is 10.9. The van der Waals surface area contributed by atoms with E-state index in [9.17, 15) is 0 Å². The Bertz CT molecular complexity index is 282. The summed E-state index contributed by atoms with van der Waals surface area (Å²) in [5.74, 6) is 0.853. The Labute approximate surface area is 103 Å². The molecular weight excluding hydrogens is 216 g/mol. The Kier molecular flexibility index (Phi) is 7.43. The van der Waals surface area contributed by atoms with Crippen LogP contribution in [0.15, 0.2) is 24.3 Å². The molecule has 0 aromatic heterocycles. The molecule has 96 valence electrons. The van der Waals surface area contributed by atoms with Gasteiger partial charge < -0.3 is 14.6 Å². The molecule has 1 N–H and O–H groups in total. The fourth-order valence-corrected chi connectivity index (χ4v) is 1.45. The molecule has 0 fully saturated rings. The number of ether oxygens (including phenoxy) is 2. The predicted octanol–water partition coefficient (Wildman–Crippen LogP) is 2.42. The van der Waals surface area contributed by atoms with E-state index in [1.807, 2.05) is 24.3 Å². The average Bonchev–Trinajstić information content (AvgIpc) is 2.36. The van der Waals surface area contributed by atoms with E-state index in [0.717, 1.165) is 30.8 Å². The minimum absolute atomic E-state index is 0.186. The molecule has 1 aromatic carbocycles. The molecule has 3 heteroatoms. The van der Waals surface area contributed by atoms with Crippen molar-refractivity contribution in [3.8, 4) is 5.75 Å². The molecule has 3 nitrogen and oxygen atoms in total. The summed E-state index contributed by atoms with van der Waals surface area (Å²) in [6, 6.07) is 7.81. The molecule has 0 atom stereocenters.